The molecule has 0 bridgehead atoms. The Balaban J connectivity index is 0.000000640. The van der Waals surface area contributed by atoms with Crippen molar-refractivity contribution in [2.75, 3.05) is 14.2 Å². The minimum absolute atomic E-state index is 0. The molecule has 244 valence electrons. The van der Waals surface area contributed by atoms with Gasteiger partial charge in [0, 0.05) is 16.7 Å². The summed E-state index contributed by atoms with van der Waals surface area (Å²) in [5.41, 5.74) is 10.2. The van der Waals surface area contributed by atoms with Crippen LogP contribution in [0.1, 0.15) is 113 Å². The van der Waals surface area contributed by atoms with E-state index in [4.69, 9.17) is 9.47 Å². The van der Waals surface area contributed by atoms with Crippen molar-refractivity contribution >= 4 is 28.1 Å². The van der Waals surface area contributed by atoms with E-state index in [1.165, 1.54) is 11.1 Å². The molecule has 0 saturated carbocycles. The van der Waals surface area contributed by atoms with Gasteiger partial charge in [-0.2, -0.15) is 0 Å². The first kappa shape index (κ1) is 40.8. The van der Waals surface area contributed by atoms with Gasteiger partial charge in [0.1, 0.15) is 11.5 Å². The Hall–Kier alpha value is -4.25. The summed E-state index contributed by atoms with van der Waals surface area (Å²) >= 11 is 0. The van der Waals surface area contributed by atoms with E-state index in [9.17, 15) is 14.4 Å². The topological polar surface area (TPSA) is 69.7 Å². The maximum Gasteiger partial charge on any atom is 0.160 e. The highest BCUT2D eigenvalue weighted by atomic mass is 16.5. The van der Waals surface area contributed by atoms with Crippen LogP contribution >= 0.6 is 0 Å². The van der Waals surface area contributed by atoms with Crippen molar-refractivity contribution in [3.05, 3.63) is 104 Å². The van der Waals surface area contributed by atoms with Gasteiger partial charge < -0.3 is 9.47 Å². The van der Waals surface area contributed by atoms with Gasteiger partial charge in [0.15, 0.2) is 17.3 Å². The number of aryl methyl sites for hydroxylation is 7. The van der Waals surface area contributed by atoms with E-state index in [2.05, 4.69) is 19.9 Å². The summed E-state index contributed by atoms with van der Waals surface area (Å²) in [5, 5.41) is 2.27. The van der Waals surface area contributed by atoms with E-state index >= 15 is 0 Å². The zero-order chi connectivity index (χ0) is 32.6. The number of ketones is 3. The van der Waals surface area contributed by atoms with Crippen molar-refractivity contribution in [3.63, 3.8) is 0 Å². The summed E-state index contributed by atoms with van der Waals surface area (Å²) in [4.78, 5) is 33.9. The number of Topliss-reactive ketones (excluding diaryl/α,β-unsaturated/α-hetero) is 3. The summed E-state index contributed by atoms with van der Waals surface area (Å²) in [7, 11) is 3.31. The molecule has 0 radical (unpaired) electrons. The molecule has 4 aromatic carbocycles. The summed E-state index contributed by atoms with van der Waals surface area (Å²) in [6.07, 6.45) is 1.03. The lowest BCUT2D eigenvalue weighted by Crippen LogP contribution is -1.99. The third-order valence-electron chi connectivity index (χ3n) is 7.85. The number of hydrogen-bond donors (Lipinski definition) is 0. The second-order valence-electron chi connectivity index (χ2n) is 11.0. The van der Waals surface area contributed by atoms with Gasteiger partial charge in [-0.15, -0.1) is 0 Å². The lowest BCUT2D eigenvalue weighted by atomic mass is 9.95. The molecule has 0 N–H and O–H groups in total. The number of benzene rings is 4. The van der Waals surface area contributed by atoms with Crippen LogP contribution in [0.5, 0.6) is 11.5 Å². The minimum atomic E-state index is 0. The van der Waals surface area contributed by atoms with Crippen molar-refractivity contribution in [1.29, 1.82) is 0 Å². The molecule has 0 saturated heterocycles. The van der Waals surface area contributed by atoms with Crippen molar-refractivity contribution in [1.82, 2.24) is 0 Å². The summed E-state index contributed by atoms with van der Waals surface area (Å²) < 4.78 is 10.5. The number of carbonyl (C=O) groups excluding carboxylic acids is 3. The number of methoxy groups -OCH3 is 2. The predicted octanol–water partition coefficient (Wildman–Crippen LogP) is 10.5. The van der Waals surface area contributed by atoms with Crippen molar-refractivity contribution < 1.29 is 23.9 Å². The highest BCUT2D eigenvalue weighted by Crippen LogP contribution is 2.30. The van der Waals surface area contributed by atoms with Crippen LogP contribution < -0.4 is 9.47 Å². The SMILES string of the molecule is C.C.CCc1cc(C)c(C(C)=O)cc1C.COc1cc(C)c(C(C)=O)cc1C.COc1ccc2c(C)c(C(C)=O)ccc2c1C. The van der Waals surface area contributed by atoms with Crippen molar-refractivity contribution in [2.24, 2.45) is 0 Å². The molecule has 0 aliphatic heterocycles. The number of hydrogen-bond acceptors (Lipinski definition) is 5. The van der Waals surface area contributed by atoms with Gasteiger partial charge in [0.2, 0.25) is 0 Å². The van der Waals surface area contributed by atoms with Crippen LogP contribution in [0.4, 0.5) is 0 Å². The van der Waals surface area contributed by atoms with Crippen LogP contribution in [0.25, 0.3) is 10.8 Å². The Morgan fingerprint density at radius 1 is 0.533 bits per heavy atom. The average Bonchev–Trinajstić information content (AvgIpc) is 2.95. The fraction of sp³-hybridized carbons (Fsp3) is 0.375. The Morgan fingerprint density at radius 3 is 1.44 bits per heavy atom. The first-order valence-electron chi connectivity index (χ1n) is 14.5. The zero-order valence-electron chi connectivity index (χ0n) is 27.9. The maximum absolute atomic E-state index is 11.5. The Bertz CT molecular complexity index is 1590. The van der Waals surface area contributed by atoms with Crippen LogP contribution in [-0.2, 0) is 6.42 Å². The number of ether oxygens (including phenoxy) is 2. The Labute approximate surface area is 272 Å². The highest BCUT2D eigenvalue weighted by Gasteiger charge is 2.11. The van der Waals surface area contributed by atoms with Gasteiger partial charge in [-0.3, -0.25) is 14.4 Å². The quantitative estimate of drug-likeness (QED) is 0.202. The van der Waals surface area contributed by atoms with Crippen LogP contribution in [-0.4, -0.2) is 31.6 Å². The van der Waals surface area contributed by atoms with E-state index in [-0.39, 0.29) is 32.2 Å². The third kappa shape index (κ3) is 9.87. The molecule has 0 spiro atoms. The normalized spacial score (nSPS) is 9.78. The van der Waals surface area contributed by atoms with Gasteiger partial charge >= 0.3 is 0 Å². The largest absolute Gasteiger partial charge is 0.496 e. The standard InChI is InChI=1S/C15H16O2.C12H16O.C11H14O2.2CH4/c1-9-12(11(3)16)5-6-14-10(2)15(17-4)8-7-13(9)14;1-5-11-6-9(3)12(10(4)13)7-8(11)2;1-7-6-11(13-4)8(2)5-10(7)9(3)12;;/h5-8H,1-4H3;6-7H,5H2,1-4H3;5-6H,1-4H3;2*1H4. The molecule has 0 fully saturated rings. The first-order valence-corrected chi connectivity index (χ1v) is 14.5. The fourth-order valence-electron chi connectivity index (χ4n) is 5.31. The second-order valence-corrected chi connectivity index (χ2v) is 11.0. The average molecular weight is 615 g/mol. The lowest BCUT2D eigenvalue weighted by molar-refractivity contribution is 0.100. The number of carbonyl (C=O) groups is 3. The number of rotatable bonds is 6. The third-order valence-corrected chi connectivity index (χ3v) is 7.85. The van der Waals surface area contributed by atoms with E-state index in [0.717, 1.165) is 73.2 Å². The van der Waals surface area contributed by atoms with Crippen LogP contribution in [0.15, 0.2) is 48.5 Å². The summed E-state index contributed by atoms with van der Waals surface area (Å²) in [6, 6.07) is 15.7. The van der Waals surface area contributed by atoms with Gasteiger partial charge in [-0.05, 0) is 143 Å². The monoisotopic (exact) mass is 614 g/mol. The molecule has 0 aliphatic carbocycles. The molecule has 0 amide bonds. The van der Waals surface area contributed by atoms with Crippen molar-refractivity contribution in [3.8, 4) is 11.5 Å². The lowest BCUT2D eigenvalue weighted by Gasteiger charge is -2.12. The maximum atomic E-state index is 11.5. The van der Waals surface area contributed by atoms with E-state index in [1.807, 2.05) is 77.1 Å². The summed E-state index contributed by atoms with van der Waals surface area (Å²) in [6.45, 7) is 18.9. The molecule has 0 unspecified atom stereocenters. The summed E-state index contributed by atoms with van der Waals surface area (Å²) in [5.74, 6) is 2.08. The zero-order valence-corrected chi connectivity index (χ0v) is 27.9. The second kappa shape index (κ2) is 17.9. The Morgan fingerprint density at radius 2 is 0.978 bits per heavy atom. The molecule has 5 heteroatoms. The molecule has 0 aromatic heterocycles. The predicted molar refractivity (Wildman–Crippen MR) is 191 cm³/mol. The van der Waals surface area contributed by atoms with E-state index in [0.29, 0.717) is 0 Å². The Kier molecular flexibility index (Phi) is 16.2. The van der Waals surface area contributed by atoms with Gasteiger partial charge in [0.05, 0.1) is 14.2 Å². The molecule has 0 heterocycles. The van der Waals surface area contributed by atoms with Gasteiger partial charge in [-0.1, -0.05) is 46.0 Å². The molecule has 0 aliphatic rings. The van der Waals surface area contributed by atoms with Gasteiger partial charge in [0.25, 0.3) is 0 Å². The molecule has 5 nitrogen and oxygen atoms in total. The molecule has 45 heavy (non-hydrogen) atoms. The smallest absolute Gasteiger partial charge is 0.160 e. The van der Waals surface area contributed by atoms with Crippen LogP contribution in [0.3, 0.4) is 0 Å². The fourth-order valence-corrected chi connectivity index (χ4v) is 5.31. The molecule has 4 rings (SSSR count). The molecule has 0 atom stereocenters. The highest BCUT2D eigenvalue weighted by molar-refractivity contribution is 6.02. The van der Waals surface area contributed by atoms with Crippen LogP contribution in [0, 0.1) is 41.5 Å². The van der Waals surface area contributed by atoms with E-state index in [1.54, 1.807) is 35.0 Å². The van der Waals surface area contributed by atoms with Crippen molar-refractivity contribution in [2.45, 2.75) is 90.5 Å². The number of fused-ring (bicyclic) bond motifs is 1. The molecular weight excluding hydrogens is 560 g/mol. The minimum Gasteiger partial charge on any atom is -0.496 e. The molecular formula is C40H54O5. The molecule has 4 aromatic rings. The van der Waals surface area contributed by atoms with Gasteiger partial charge in [-0.25, -0.2) is 0 Å². The first-order chi connectivity index (χ1) is 20.2. The van der Waals surface area contributed by atoms with Crippen LogP contribution in [0.2, 0.25) is 0 Å². The van der Waals surface area contributed by atoms with E-state index < -0.39 is 0 Å².